The lowest BCUT2D eigenvalue weighted by molar-refractivity contribution is 0.0997. The first kappa shape index (κ1) is 10.5. The molecule has 0 unspecified atom stereocenters. The third kappa shape index (κ3) is 2.96. The molecule has 0 bridgehead atoms. The van der Waals surface area contributed by atoms with Crippen molar-refractivity contribution in [2.24, 2.45) is 15.8 Å². The second kappa shape index (κ2) is 3.26. The van der Waals surface area contributed by atoms with Crippen molar-refractivity contribution in [1.82, 2.24) is 0 Å². The molecule has 1 saturated carbocycles. The summed E-state index contributed by atoms with van der Waals surface area (Å²) in [5, 5.41) is 0. The summed E-state index contributed by atoms with van der Waals surface area (Å²) in [5.74, 6) is 0. The van der Waals surface area contributed by atoms with Crippen LogP contribution >= 0.6 is 0 Å². The molecule has 1 rings (SSSR count). The fourth-order valence-corrected chi connectivity index (χ4v) is 2.95. The molecule has 2 nitrogen and oxygen atoms in total. The van der Waals surface area contributed by atoms with Gasteiger partial charge in [-0.15, -0.1) is 0 Å². The van der Waals surface area contributed by atoms with Gasteiger partial charge in [0.25, 0.3) is 0 Å². The zero-order valence-electron chi connectivity index (χ0n) is 9.05. The summed E-state index contributed by atoms with van der Waals surface area (Å²) in [5.41, 5.74) is 0.625. The number of hydrogen-bond donors (Lipinski definition) is 0. The first-order valence-corrected chi connectivity index (χ1v) is 4.92. The fraction of sp³-hybridized carbons (Fsp3) is 0.909. The van der Waals surface area contributed by atoms with Crippen LogP contribution in [0.4, 0.5) is 0 Å². The van der Waals surface area contributed by atoms with Crippen LogP contribution in [0.2, 0.25) is 0 Å². The van der Waals surface area contributed by atoms with E-state index < -0.39 is 0 Å². The van der Waals surface area contributed by atoms with Gasteiger partial charge in [-0.3, -0.25) is 0 Å². The van der Waals surface area contributed by atoms with Crippen LogP contribution in [0.3, 0.4) is 0 Å². The molecule has 0 aromatic carbocycles. The Labute approximate surface area is 80.4 Å². The quantitative estimate of drug-likeness (QED) is 0.451. The van der Waals surface area contributed by atoms with Crippen LogP contribution < -0.4 is 0 Å². The molecule has 0 saturated heterocycles. The molecule has 0 amide bonds. The number of hydrogen-bond acceptors (Lipinski definition) is 2. The van der Waals surface area contributed by atoms with E-state index in [1.807, 2.05) is 0 Å². The van der Waals surface area contributed by atoms with Gasteiger partial charge in [0.1, 0.15) is 0 Å². The Bertz CT molecular complexity index is 220. The largest absolute Gasteiger partial charge is 0.235 e. The molecule has 0 aromatic rings. The lowest BCUT2D eigenvalue weighted by atomic mass is 9.64. The van der Waals surface area contributed by atoms with Gasteiger partial charge in [0.15, 0.2) is 0 Å². The lowest BCUT2D eigenvalue weighted by Crippen LogP contribution is -2.35. The summed E-state index contributed by atoms with van der Waals surface area (Å²) < 4.78 is 0. The molecule has 0 N–H and O–H groups in total. The number of carbonyl (C=O) groups excluding carboxylic acids is 1. The highest BCUT2D eigenvalue weighted by atomic mass is 16.1. The van der Waals surface area contributed by atoms with Gasteiger partial charge in [-0.25, -0.2) is 9.79 Å². The van der Waals surface area contributed by atoms with Gasteiger partial charge in [-0.05, 0) is 30.1 Å². The van der Waals surface area contributed by atoms with E-state index in [2.05, 4.69) is 32.7 Å². The molecular weight excluding hydrogens is 162 g/mol. The van der Waals surface area contributed by atoms with E-state index in [1.54, 1.807) is 6.08 Å². The van der Waals surface area contributed by atoms with E-state index in [4.69, 9.17) is 0 Å². The zero-order valence-corrected chi connectivity index (χ0v) is 9.05. The van der Waals surface area contributed by atoms with Crippen LogP contribution in [0.5, 0.6) is 0 Å². The molecule has 0 aliphatic heterocycles. The third-order valence-electron chi connectivity index (χ3n) is 2.77. The standard InChI is InChI=1S/C11H19NO/c1-10(2)5-9(12-8-13)6-11(3,4)7-10/h9H,5-7H2,1-4H3. The molecule has 0 radical (unpaired) electrons. The second-order valence-electron chi connectivity index (χ2n) is 5.79. The Morgan fingerprint density at radius 1 is 1.15 bits per heavy atom. The normalized spacial score (nSPS) is 26.5. The minimum atomic E-state index is 0.191. The monoisotopic (exact) mass is 181 g/mol. The molecule has 0 aromatic heterocycles. The molecular formula is C11H19NO. The maximum Gasteiger partial charge on any atom is 0.235 e. The maximum atomic E-state index is 10.2. The average molecular weight is 181 g/mol. The van der Waals surface area contributed by atoms with Gasteiger partial charge >= 0.3 is 0 Å². The number of isocyanates is 1. The van der Waals surface area contributed by atoms with Gasteiger partial charge in [0.2, 0.25) is 6.08 Å². The highest BCUT2D eigenvalue weighted by molar-refractivity contribution is 5.33. The Morgan fingerprint density at radius 2 is 1.62 bits per heavy atom. The van der Waals surface area contributed by atoms with Gasteiger partial charge in [-0.2, -0.15) is 0 Å². The van der Waals surface area contributed by atoms with Crippen LogP contribution in [0.25, 0.3) is 0 Å². The van der Waals surface area contributed by atoms with Gasteiger partial charge < -0.3 is 0 Å². The zero-order chi connectivity index (χ0) is 10.1. The highest BCUT2D eigenvalue weighted by Gasteiger charge is 2.38. The third-order valence-corrected chi connectivity index (χ3v) is 2.77. The van der Waals surface area contributed by atoms with E-state index in [0.29, 0.717) is 10.8 Å². The number of nitrogens with zero attached hydrogens (tertiary/aromatic N) is 1. The summed E-state index contributed by atoms with van der Waals surface area (Å²) in [6.45, 7) is 9.00. The Hall–Kier alpha value is -0.620. The van der Waals surface area contributed by atoms with Gasteiger partial charge in [-0.1, -0.05) is 27.7 Å². The van der Waals surface area contributed by atoms with Crippen LogP contribution in [0, 0.1) is 10.8 Å². The summed E-state index contributed by atoms with van der Waals surface area (Å²) in [7, 11) is 0. The van der Waals surface area contributed by atoms with E-state index in [1.165, 1.54) is 6.42 Å². The maximum absolute atomic E-state index is 10.2. The fourth-order valence-electron chi connectivity index (χ4n) is 2.95. The van der Waals surface area contributed by atoms with Crippen LogP contribution in [-0.2, 0) is 4.79 Å². The van der Waals surface area contributed by atoms with E-state index in [9.17, 15) is 4.79 Å². The average Bonchev–Trinajstić information content (AvgIpc) is 1.78. The van der Waals surface area contributed by atoms with E-state index in [-0.39, 0.29) is 6.04 Å². The summed E-state index contributed by atoms with van der Waals surface area (Å²) >= 11 is 0. The molecule has 1 aliphatic rings. The number of rotatable bonds is 1. The Morgan fingerprint density at radius 3 is 2.00 bits per heavy atom. The molecule has 13 heavy (non-hydrogen) atoms. The first-order valence-electron chi connectivity index (χ1n) is 4.92. The van der Waals surface area contributed by atoms with Crippen LogP contribution in [-0.4, -0.2) is 12.1 Å². The predicted molar refractivity (Wildman–Crippen MR) is 53.3 cm³/mol. The first-order chi connectivity index (χ1) is 5.85. The summed E-state index contributed by atoms with van der Waals surface area (Å²) in [6, 6.07) is 0.191. The van der Waals surface area contributed by atoms with E-state index in [0.717, 1.165) is 12.8 Å². The summed E-state index contributed by atoms with van der Waals surface area (Å²) in [4.78, 5) is 14.1. The SMILES string of the molecule is CC1(C)CC(N=C=O)CC(C)(C)C1. The van der Waals surface area contributed by atoms with Crippen molar-refractivity contribution in [3.05, 3.63) is 0 Å². The molecule has 2 heteroatoms. The van der Waals surface area contributed by atoms with Crippen molar-refractivity contribution in [2.75, 3.05) is 0 Å². The van der Waals surface area contributed by atoms with Crippen LogP contribution in [0.15, 0.2) is 4.99 Å². The molecule has 0 heterocycles. The van der Waals surface area contributed by atoms with Gasteiger partial charge in [0.05, 0.1) is 6.04 Å². The minimum absolute atomic E-state index is 0.191. The highest BCUT2D eigenvalue weighted by Crippen LogP contribution is 2.46. The van der Waals surface area contributed by atoms with Crippen LogP contribution in [0.1, 0.15) is 47.0 Å². The Balaban J connectivity index is 2.77. The van der Waals surface area contributed by atoms with Crippen molar-refractivity contribution in [2.45, 2.75) is 53.0 Å². The van der Waals surface area contributed by atoms with Crippen molar-refractivity contribution in [3.63, 3.8) is 0 Å². The molecule has 0 atom stereocenters. The van der Waals surface area contributed by atoms with Crippen molar-refractivity contribution in [1.29, 1.82) is 0 Å². The van der Waals surface area contributed by atoms with Crippen molar-refractivity contribution >= 4 is 6.08 Å². The Kier molecular flexibility index (Phi) is 2.63. The molecule has 0 spiro atoms. The van der Waals surface area contributed by atoms with E-state index >= 15 is 0 Å². The molecule has 1 fully saturated rings. The summed E-state index contributed by atoms with van der Waals surface area (Å²) in [6.07, 6.45) is 4.94. The lowest BCUT2D eigenvalue weighted by Gasteiger charge is -2.43. The number of aliphatic imine (C=N–C) groups is 1. The topological polar surface area (TPSA) is 29.4 Å². The smallest absolute Gasteiger partial charge is 0.211 e. The molecule has 1 aliphatic carbocycles. The predicted octanol–water partition coefficient (Wildman–Crippen LogP) is 2.93. The van der Waals surface area contributed by atoms with Crippen molar-refractivity contribution in [3.8, 4) is 0 Å². The van der Waals surface area contributed by atoms with Gasteiger partial charge in [0, 0.05) is 0 Å². The van der Waals surface area contributed by atoms with Crippen molar-refractivity contribution < 1.29 is 4.79 Å². The second-order valence-corrected chi connectivity index (χ2v) is 5.79. The molecule has 74 valence electrons. The minimum Gasteiger partial charge on any atom is -0.211 e.